The van der Waals surface area contributed by atoms with Gasteiger partial charge in [-0.05, 0) is 48.4 Å². The number of nitrogens with one attached hydrogen (secondary N) is 3. The number of benzene rings is 3. The van der Waals surface area contributed by atoms with Gasteiger partial charge in [-0.15, -0.1) is 0 Å². The maximum absolute atomic E-state index is 12.3. The van der Waals surface area contributed by atoms with E-state index < -0.39 is 0 Å². The Morgan fingerprint density at radius 2 is 1.66 bits per heavy atom. The van der Waals surface area contributed by atoms with Gasteiger partial charge in [0.15, 0.2) is 0 Å². The normalized spacial score (nSPS) is 10.3. The van der Waals surface area contributed by atoms with Crippen LogP contribution >= 0.6 is 0 Å². The summed E-state index contributed by atoms with van der Waals surface area (Å²) >= 11 is 0. The van der Waals surface area contributed by atoms with Crippen LogP contribution in [-0.4, -0.2) is 24.9 Å². The van der Waals surface area contributed by atoms with Gasteiger partial charge in [0.1, 0.15) is 12.4 Å². The SMILES string of the molecule is CCCCNC(=O)c1ccc(NCC(=O)Nc2cccc(OCc3ccccc3)c2)cc1. The molecule has 0 unspecified atom stereocenters. The lowest BCUT2D eigenvalue weighted by Gasteiger charge is -2.11. The second-order valence-corrected chi connectivity index (χ2v) is 7.39. The van der Waals surface area contributed by atoms with E-state index in [1.807, 2.05) is 48.5 Å². The van der Waals surface area contributed by atoms with Crippen molar-refractivity contribution in [1.82, 2.24) is 5.32 Å². The van der Waals surface area contributed by atoms with Crippen molar-refractivity contribution in [2.24, 2.45) is 0 Å². The van der Waals surface area contributed by atoms with Crippen LogP contribution in [-0.2, 0) is 11.4 Å². The summed E-state index contributed by atoms with van der Waals surface area (Å²) < 4.78 is 5.81. The molecule has 6 heteroatoms. The standard InChI is InChI=1S/C26H29N3O3/c1-2-3-16-27-26(31)21-12-14-22(15-13-21)28-18-25(30)29-23-10-7-11-24(17-23)32-19-20-8-5-4-6-9-20/h4-15,17,28H,2-3,16,18-19H2,1H3,(H,27,31)(H,29,30). The van der Waals surface area contributed by atoms with Gasteiger partial charge in [0, 0.05) is 29.5 Å². The summed E-state index contributed by atoms with van der Waals surface area (Å²) in [5, 5.41) is 8.82. The zero-order valence-electron chi connectivity index (χ0n) is 18.3. The van der Waals surface area contributed by atoms with Crippen LogP contribution in [0.4, 0.5) is 11.4 Å². The van der Waals surface area contributed by atoms with Gasteiger partial charge >= 0.3 is 0 Å². The molecule has 0 saturated heterocycles. The Morgan fingerprint density at radius 3 is 2.41 bits per heavy atom. The minimum Gasteiger partial charge on any atom is -0.489 e. The number of carbonyl (C=O) groups excluding carboxylic acids is 2. The zero-order chi connectivity index (χ0) is 22.6. The molecule has 0 aliphatic carbocycles. The molecule has 0 aliphatic heterocycles. The van der Waals surface area contributed by atoms with E-state index in [1.165, 1.54) is 0 Å². The van der Waals surface area contributed by atoms with Crippen molar-refractivity contribution in [2.75, 3.05) is 23.7 Å². The smallest absolute Gasteiger partial charge is 0.251 e. The third-order valence-corrected chi connectivity index (χ3v) is 4.78. The van der Waals surface area contributed by atoms with E-state index in [1.54, 1.807) is 30.3 Å². The van der Waals surface area contributed by atoms with Crippen LogP contribution in [0.5, 0.6) is 5.75 Å². The summed E-state index contributed by atoms with van der Waals surface area (Å²) in [4.78, 5) is 24.4. The van der Waals surface area contributed by atoms with E-state index in [-0.39, 0.29) is 18.4 Å². The van der Waals surface area contributed by atoms with Crippen molar-refractivity contribution in [3.8, 4) is 5.75 Å². The molecule has 3 aromatic rings. The van der Waals surface area contributed by atoms with Crippen LogP contribution in [0.1, 0.15) is 35.7 Å². The summed E-state index contributed by atoms with van der Waals surface area (Å²) in [7, 11) is 0. The fourth-order valence-corrected chi connectivity index (χ4v) is 3.01. The number of ether oxygens (including phenoxy) is 1. The van der Waals surface area contributed by atoms with E-state index in [9.17, 15) is 9.59 Å². The Morgan fingerprint density at radius 1 is 0.875 bits per heavy atom. The molecule has 0 radical (unpaired) electrons. The first-order chi connectivity index (χ1) is 15.6. The first kappa shape index (κ1) is 22.9. The lowest BCUT2D eigenvalue weighted by Crippen LogP contribution is -2.24. The summed E-state index contributed by atoms with van der Waals surface area (Å²) in [6.07, 6.45) is 2.00. The lowest BCUT2D eigenvalue weighted by molar-refractivity contribution is -0.114. The molecule has 6 nitrogen and oxygen atoms in total. The van der Waals surface area contributed by atoms with E-state index in [2.05, 4.69) is 22.9 Å². The Hall–Kier alpha value is -3.80. The number of amides is 2. The van der Waals surface area contributed by atoms with Crippen LogP contribution < -0.4 is 20.7 Å². The molecule has 0 bridgehead atoms. The van der Waals surface area contributed by atoms with Crippen molar-refractivity contribution in [3.05, 3.63) is 90.0 Å². The monoisotopic (exact) mass is 431 g/mol. The number of carbonyl (C=O) groups is 2. The van der Waals surface area contributed by atoms with E-state index in [0.717, 1.165) is 24.1 Å². The van der Waals surface area contributed by atoms with E-state index in [4.69, 9.17) is 4.74 Å². The van der Waals surface area contributed by atoms with Crippen molar-refractivity contribution < 1.29 is 14.3 Å². The number of rotatable bonds is 11. The van der Waals surface area contributed by atoms with Crippen LogP contribution in [0, 0.1) is 0 Å². The van der Waals surface area contributed by atoms with Gasteiger partial charge in [-0.3, -0.25) is 9.59 Å². The van der Waals surface area contributed by atoms with Crippen molar-refractivity contribution in [1.29, 1.82) is 0 Å². The molecule has 0 fully saturated rings. The lowest BCUT2D eigenvalue weighted by atomic mass is 10.2. The van der Waals surface area contributed by atoms with Crippen LogP contribution in [0.3, 0.4) is 0 Å². The predicted octanol–water partition coefficient (Wildman–Crippen LogP) is 4.85. The molecule has 0 aromatic heterocycles. The fraction of sp³-hybridized carbons (Fsp3) is 0.231. The quantitative estimate of drug-likeness (QED) is 0.379. The molecule has 3 rings (SSSR count). The number of anilines is 2. The topological polar surface area (TPSA) is 79.5 Å². The van der Waals surface area contributed by atoms with E-state index in [0.29, 0.717) is 30.2 Å². The van der Waals surface area contributed by atoms with Crippen LogP contribution in [0.15, 0.2) is 78.9 Å². The number of unbranched alkanes of at least 4 members (excludes halogenated alkanes) is 1. The fourth-order valence-electron chi connectivity index (χ4n) is 3.01. The summed E-state index contributed by atoms with van der Waals surface area (Å²) in [5.74, 6) is 0.427. The highest BCUT2D eigenvalue weighted by Crippen LogP contribution is 2.19. The largest absolute Gasteiger partial charge is 0.489 e. The Balaban J connectivity index is 1.45. The van der Waals surface area contributed by atoms with E-state index >= 15 is 0 Å². The van der Waals surface area contributed by atoms with Crippen molar-refractivity contribution in [3.63, 3.8) is 0 Å². The Labute approximate surface area is 189 Å². The number of hydrogen-bond donors (Lipinski definition) is 3. The Bertz CT molecular complexity index is 1000. The molecule has 0 saturated carbocycles. The average Bonchev–Trinajstić information content (AvgIpc) is 2.83. The molecule has 166 valence electrons. The van der Waals surface area contributed by atoms with Gasteiger partial charge in [-0.2, -0.15) is 0 Å². The summed E-state index contributed by atoms with van der Waals surface area (Å²) in [6.45, 7) is 3.33. The third kappa shape index (κ3) is 7.47. The highest BCUT2D eigenvalue weighted by molar-refractivity contribution is 5.95. The Kier molecular flexibility index (Phi) is 8.69. The molecule has 3 N–H and O–H groups in total. The van der Waals surface area contributed by atoms with Crippen LogP contribution in [0.25, 0.3) is 0 Å². The van der Waals surface area contributed by atoms with Gasteiger partial charge in [0.2, 0.25) is 5.91 Å². The highest BCUT2D eigenvalue weighted by Gasteiger charge is 2.06. The van der Waals surface area contributed by atoms with Gasteiger partial charge in [-0.25, -0.2) is 0 Å². The van der Waals surface area contributed by atoms with Crippen molar-refractivity contribution >= 4 is 23.2 Å². The van der Waals surface area contributed by atoms with Gasteiger partial charge in [0.05, 0.1) is 6.54 Å². The maximum Gasteiger partial charge on any atom is 0.251 e. The third-order valence-electron chi connectivity index (χ3n) is 4.78. The second-order valence-electron chi connectivity index (χ2n) is 7.39. The van der Waals surface area contributed by atoms with Gasteiger partial charge in [0.25, 0.3) is 5.91 Å². The molecule has 0 heterocycles. The minimum absolute atomic E-state index is 0.0860. The van der Waals surface area contributed by atoms with Gasteiger partial charge in [-0.1, -0.05) is 49.7 Å². The maximum atomic E-state index is 12.3. The molecule has 2 amide bonds. The number of hydrogen-bond acceptors (Lipinski definition) is 4. The molecule has 0 aliphatic rings. The molecular weight excluding hydrogens is 402 g/mol. The summed E-state index contributed by atoms with van der Waals surface area (Å²) in [6, 6.07) is 24.3. The first-order valence-electron chi connectivity index (χ1n) is 10.8. The molecule has 0 atom stereocenters. The highest BCUT2D eigenvalue weighted by atomic mass is 16.5. The second kappa shape index (κ2) is 12.2. The molecule has 0 spiro atoms. The average molecular weight is 432 g/mol. The van der Waals surface area contributed by atoms with Gasteiger partial charge < -0.3 is 20.7 Å². The predicted molar refractivity (Wildman–Crippen MR) is 128 cm³/mol. The molecule has 3 aromatic carbocycles. The van der Waals surface area contributed by atoms with Crippen molar-refractivity contribution in [2.45, 2.75) is 26.4 Å². The zero-order valence-corrected chi connectivity index (χ0v) is 18.3. The molecular formula is C26H29N3O3. The minimum atomic E-state index is -0.174. The summed E-state index contributed by atoms with van der Waals surface area (Å²) in [5.41, 5.74) is 3.12. The van der Waals surface area contributed by atoms with Crippen LogP contribution in [0.2, 0.25) is 0 Å². The molecule has 32 heavy (non-hydrogen) atoms. The first-order valence-corrected chi connectivity index (χ1v) is 10.8.